The molecule has 1 atom stereocenters. The van der Waals surface area contributed by atoms with Gasteiger partial charge in [-0.2, -0.15) is 0 Å². The molecule has 3 N–H and O–H groups in total. The van der Waals surface area contributed by atoms with Crippen molar-refractivity contribution in [3.05, 3.63) is 39.4 Å². The minimum Gasteiger partial charge on any atom is -0.479 e. The van der Waals surface area contributed by atoms with Gasteiger partial charge in [-0.1, -0.05) is 6.07 Å². The van der Waals surface area contributed by atoms with Crippen LogP contribution < -0.4 is 5.32 Å². The molecule has 1 aromatic carbocycles. The summed E-state index contributed by atoms with van der Waals surface area (Å²) >= 11 is 0. The molecule has 0 unspecified atom stereocenters. The fourth-order valence-corrected chi connectivity index (χ4v) is 1.36. The van der Waals surface area contributed by atoms with Gasteiger partial charge in [-0.15, -0.1) is 0 Å². The van der Waals surface area contributed by atoms with Crippen molar-refractivity contribution in [2.24, 2.45) is 0 Å². The van der Waals surface area contributed by atoms with Gasteiger partial charge in [-0.05, 0) is 18.6 Å². The molecule has 1 aromatic rings. The van der Waals surface area contributed by atoms with E-state index in [-0.39, 0.29) is 11.3 Å². The number of nitrogens with zero attached hydrogens (tertiary/aromatic N) is 1. The van der Waals surface area contributed by atoms with Crippen LogP contribution in [0.3, 0.4) is 0 Å². The summed E-state index contributed by atoms with van der Waals surface area (Å²) in [5.41, 5.74) is 0.0880. The molecule has 0 fully saturated rings. The summed E-state index contributed by atoms with van der Waals surface area (Å²) in [4.78, 5) is 32.2. The third-order valence-corrected chi connectivity index (χ3v) is 2.33. The van der Waals surface area contributed by atoms with Crippen LogP contribution in [0.15, 0.2) is 18.2 Å². The average molecular weight is 268 g/mol. The molecule has 0 aliphatic rings. The Morgan fingerprint density at radius 3 is 2.63 bits per heavy atom. The van der Waals surface area contributed by atoms with Crippen molar-refractivity contribution in [1.82, 2.24) is 5.32 Å². The van der Waals surface area contributed by atoms with E-state index in [1.807, 2.05) is 0 Å². The summed E-state index contributed by atoms with van der Waals surface area (Å²) in [6.07, 6.45) is -1.76. The molecule has 1 rings (SSSR count). The normalized spacial score (nSPS) is 11.7. The number of aliphatic carboxylic acids is 1. The predicted molar refractivity (Wildman–Crippen MR) is 63.8 cm³/mol. The Labute approximate surface area is 107 Å². The number of aliphatic hydroxyl groups is 1. The van der Waals surface area contributed by atoms with Crippen LogP contribution in [-0.4, -0.2) is 39.7 Å². The van der Waals surface area contributed by atoms with Crippen molar-refractivity contribution in [3.8, 4) is 0 Å². The first-order valence-corrected chi connectivity index (χ1v) is 5.27. The van der Waals surface area contributed by atoms with Crippen LogP contribution in [0.25, 0.3) is 0 Å². The minimum absolute atomic E-state index is 0.178. The van der Waals surface area contributed by atoms with Gasteiger partial charge in [0.15, 0.2) is 6.10 Å². The highest BCUT2D eigenvalue weighted by Crippen LogP contribution is 2.19. The van der Waals surface area contributed by atoms with Gasteiger partial charge >= 0.3 is 5.97 Å². The van der Waals surface area contributed by atoms with Crippen LogP contribution in [0, 0.1) is 17.0 Å². The molecule has 0 aliphatic carbocycles. The van der Waals surface area contributed by atoms with E-state index in [2.05, 4.69) is 5.32 Å². The van der Waals surface area contributed by atoms with Crippen molar-refractivity contribution < 1.29 is 24.7 Å². The third-order valence-electron chi connectivity index (χ3n) is 2.33. The number of nitro groups is 1. The van der Waals surface area contributed by atoms with Gasteiger partial charge < -0.3 is 15.5 Å². The summed E-state index contributed by atoms with van der Waals surface area (Å²) in [6.45, 7) is 1.13. The second kappa shape index (κ2) is 5.91. The standard InChI is InChI=1S/C11H12N2O6/c1-6-2-3-8(13(18)19)7(4-6)10(15)12-5-9(14)11(16)17/h2-4,9,14H,5H2,1H3,(H,12,15)(H,16,17)/t9-/m0/s1. The summed E-state index contributed by atoms with van der Waals surface area (Å²) in [6, 6.07) is 4.00. The monoisotopic (exact) mass is 268 g/mol. The first-order valence-electron chi connectivity index (χ1n) is 5.27. The van der Waals surface area contributed by atoms with Gasteiger partial charge in [0.2, 0.25) is 0 Å². The number of nitrogens with one attached hydrogen (secondary N) is 1. The molecule has 1 amide bonds. The number of amides is 1. The number of carbonyl (C=O) groups excluding carboxylic acids is 1. The maximum Gasteiger partial charge on any atom is 0.334 e. The van der Waals surface area contributed by atoms with Crippen molar-refractivity contribution in [1.29, 1.82) is 0 Å². The zero-order valence-electron chi connectivity index (χ0n) is 9.99. The lowest BCUT2D eigenvalue weighted by Gasteiger charge is -2.08. The van der Waals surface area contributed by atoms with Crippen LogP contribution in [0.1, 0.15) is 15.9 Å². The number of aryl methyl sites for hydroxylation is 1. The Hall–Kier alpha value is -2.48. The minimum atomic E-state index is -1.76. The molecule has 0 saturated carbocycles. The van der Waals surface area contributed by atoms with E-state index in [0.29, 0.717) is 5.56 Å². The first-order chi connectivity index (χ1) is 8.82. The molecule has 0 saturated heterocycles. The number of hydrogen-bond donors (Lipinski definition) is 3. The number of aliphatic hydroxyl groups excluding tert-OH is 1. The van der Waals surface area contributed by atoms with Gasteiger partial charge in [0, 0.05) is 6.07 Å². The van der Waals surface area contributed by atoms with Crippen molar-refractivity contribution in [2.45, 2.75) is 13.0 Å². The molecule has 8 heteroatoms. The summed E-state index contributed by atoms with van der Waals surface area (Å²) in [5.74, 6) is -2.30. The van der Waals surface area contributed by atoms with E-state index in [9.17, 15) is 19.7 Å². The zero-order valence-corrected chi connectivity index (χ0v) is 9.99. The predicted octanol–water partition coefficient (Wildman–Crippen LogP) is 0.0785. The number of rotatable bonds is 5. The molecule has 0 heterocycles. The Kier molecular flexibility index (Phi) is 4.54. The van der Waals surface area contributed by atoms with Crippen molar-refractivity contribution in [3.63, 3.8) is 0 Å². The fraction of sp³-hybridized carbons (Fsp3) is 0.273. The second-order valence-electron chi connectivity index (χ2n) is 3.84. The van der Waals surface area contributed by atoms with E-state index >= 15 is 0 Å². The number of carbonyl (C=O) groups is 2. The van der Waals surface area contributed by atoms with Gasteiger partial charge in [-0.3, -0.25) is 14.9 Å². The molecular formula is C11H12N2O6. The van der Waals surface area contributed by atoms with E-state index in [0.717, 1.165) is 0 Å². The number of nitro benzene ring substituents is 1. The zero-order chi connectivity index (χ0) is 14.6. The molecule has 0 spiro atoms. The van der Waals surface area contributed by atoms with Gasteiger partial charge in [0.05, 0.1) is 11.5 Å². The van der Waals surface area contributed by atoms with E-state index in [1.165, 1.54) is 18.2 Å². The lowest BCUT2D eigenvalue weighted by Crippen LogP contribution is -2.36. The quantitative estimate of drug-likeness (QED) is 0.512. The average Bonchev–Trinajstić information content (AvgIpc) is 2.34. The number of carboxylic acids is 1. The topological polar surface area (TPSA) is 130 Å². The number of hydrogen-bond acceptors (Lipinski definition) is 5. The molecular weight excluding hydrogens is 256 g/mol. The summed E-state index contributed by atoms with van der Waals surface area (Å²) < 4.78 is 0. The van der Waals surface area contributed by atoms with Crippen molar-refractivity contribution in [2.75, 3.05) is 6.54 Å². The molecule has 19 heavy (non-hydrogen) atoms. The van der Waals surface area contributed by atoms with Crippen LogP contribution >= 0.6 is 0 Å². The maximum absolute atomic E-state index is 11.7. The van der Waals surface area contributed by atoms with E-state index in [4.69, 9.17) is 10.2 Å². The Bertz CT molecular complexity index is 528. The molecule has 0 radical (unpaired) electrons. The van der Waals surface area contributed by atoms with Gasteiger partial charge in [0.25, 0.3) is 11.6 Å². The third kappa shape index (κ3) is 3.75. The largest absolute Gasteiger partial charge is 0.479 e. The lowest BCUT2D eigenvalue weighted by atomic mass is 10.1. The van der Waals surface area contributed by atoms with Gasteiger partial charge in [-0.25, -0.2) is 4.79 Å². The van der Waals surface area contributed by atoms with Crippen LogP contribution in [0.2, 0.25) is 0 Å². The van der Waals surface area contributed by atoms with Crippen LogP contribution in [0.4, 0.5) is 5.69 Å². The molecule has 0 aliphatic heterocycles. The fourth-order valence-electron chi connectivity index (χ4n) is 1.36. The van der Waals surface area contributed by atoms with Crippen LogP contribution in [0.5, 0.6) is 0 Å². The second-order valence-corrected chi connectivity index (χ2v) is 3.84. The maximum atomic E-state index is 11.7. The number of benzene rings is 1. The van der Waals surface area contributed by atoms with Gasteiger partial charge in [0.1, 0.15) is 5.56 Å². The molecule has 0 aromatic heterocycles. The highest BCUT2D eigenvalue weighted by molar-refractivity contribution is 5.98. The number of carboxylic acid groups (broad SMARTS) is 1. The summed E-state index contributed by atoms with van der Waals surface area (Å²) in [7, 11) is 0. The summed E-state index contributed by atoms with van der Waals surface area (Å²) in [5, 5.41) is 30.3. The molecule has 8 nitrogen and oxygen atoms in total. The molecule has 0 bridgehead atoms. The SMILES string of the molecule is Cc1ccc([N+](=O)[O-])c(C(=O)NC[C@H](O)C(=O)O)c1. The molecule has 102 valence electrons. The lowest BCUT2D eigenvalue weighted by molar-refractivity contribution is -0.385. The van der Waals surface area contributed by atoms with E-state index in [1.54, 1.807) is 6.92 Å². The Balaban J connectivity index is 2.90. The van der Waals surface area contributed by atoms with E-state index < -0.39 is 29.4 Å². The highest BCUT2D eigenvalue weighted by Gasteiger charge is 2.21. The Morgan fingerprint density at radius 2 is 2.11 bits per heavy atom. The smallest absolute Gasteiger partial charge is 0.334 e. The first kappa shape index (κ1) is 14.6. The van der Waals surface area contributed by atoms with Crippen LogP contribution in [-0.2, 0) is 4.79 Å². The van der Waals surface area contributed by atoms with Crippen molar-refractivity contribution >= 4 is 17.6 Å². The highest BCUT2D eigenvalue weighted by atomic mass is 16.6. The Morgan fingerprint density at radius 1 is 1.47 bits per heavy atom.